The number of hydrogen-bond acceptors (Lipinski definition) is 2. The smallest absolute Gasteiger partial charge is 0.0985 e. The van der Waals surface area contributed by atoms with Gasteiger partial charge in [0.25, 0.3) is 0 Å². The van der Waals surface area contributed by atoms with E-state index in [0.717, 1.165) is 11.1 Å². The number of rotatable bonds is 4. The van der Waals surface area contributed by atoms with Gasteiger partial charge in [0.15, 0.2) is 0 Å². The molecule has 0 heterocycles. The van der Waals surface area contributed by atoms with Crippen LogP contribution in [0.4, 0.5) is 0 Å². The van der Waals surface area contributed by atoms with Crippen LogP contribution in [0.1, 0.15) is 22.8 Å². The maximum absolute atomic E-state index is 9.93. The van der Waals surface area contributed by atoms with Gasteiger partial charge in [-0.05, 0) is 18.1 Å². The fraction of sp³-hybridized carbons (Fsp3) is 0.188. The summed E-state index contributed by atoms with van der Waals surface area (Å²) in [5.74, 6) is 0. The highest BCUT2D eigenvalue weighted by Gasteiger charge is 2.04. The molecule has 92 valence electrons. The van der Waals surface area contributed by atoms with Crippen molar-refractivity contribution in [3.63, 3.8) is 0 Å². The van der Waals surface area contributed by atoms with Gasteiger partial charge in [0.1, 0.15) is 0 Å². The van der Waals surface area contributed by atoms with Crippen molar-refractivity contribution in [2.75, 3.05) is 6.54 Å². The molecule has 2 nitrogen and oxygen atoms in total. The van der Waals surface area contributed by atoms with Crippen LogP contribution >= 0.6 is 0 Å². The number of hydrogen-bond donors (Lipinski definition) is 1. The maximum atomic E-state index is 9.93. The zero-order valence-corrected chi connectivity index (χ0v) is 10.5. The number of nitrogens with zero attached hydrogens (tertiary/aromatic N) is 1. The Kier molecular flexibility index (Phi) is 4.26. The Morgan fingerprint density at radius 1 is 1.06 bits per heavy atom. The Morgan fingerprint density at radius 2 is 1.72 bits per heavy atom. The van der Waals surface area contributed by atoms with Crippen LogP contribution in [-0.4, -0.2) is 17.9 Å². The second-order valence-electron chi connectivity index (χ2n) is 4.33. The van der Waals surface area contributed by atoms with E-state index in [-0.39, 0.29) is 0 Å². The van der Waals surface area contributed by atoms with Crippen molar-refractivity contribution in [3.05, 3.63) is 71.3 Å². The minimum atomic E-state index is -0.534. The van der Waals surface area contributed by atoms with Crippen molar-refractivity contribution >= 4 is 6.21 Å². The summed E-state index contributed by atoms with van der Waals surface area (Å²) >= 11 is 0. The number of aryl methyl sites for hydroxylation is 1. The van der Waals surface area contributed by atoms with E-state index in [9.17, 15) is 5.11 Å². The summed E-state index contributed by atoms with van der Waals surface area (Å²) in [5.41, 5.74) is 3.19. The first-order valence-electron chi connectivity index (χ1n) is 6.05. The van der Waals surface area contributed by atoms with Gasteiger partial charge in [-0.1, -0.05) is 60.2 Å². The lowest BCUT2D eigenvalue weighted by Gasteiger charge is -2.07. The summed E-state index contributed by atoms with van der Waals surface area (Å²) < 4.78 is 0. The Morgan fingerprint density at radius 3 is 2.39 bits per heavy atom. The van der Waals surface area contributed by atoms with Gasteiger partial charge in [0.2, 0.25) is 0 Å². The summed E-state index contributed by atoms with van der Waals surface area (Å²) in [6.45, 7) is 2.44. The summed E-state index contributed by atoms with van der Waals surface area (Å²) in [5, 5.41) is 9.93. The Labute approximate surface area is 108 Å². The number of aliphatic hydroxyl groups excluding tert-OH is 1. The molecular weight excluding hydrogens is 222 g/mol. The van der Waals surface area contributed by atoms with Gasteiger partial charge < -0.3 is 5.11 Å². The standard InChI is InChI=1S/C16H17NO/c1-13-7-9-14(10-8-13)11-17-12-16(18)15-5-3-2-4-6-15/h2-11,16,18H,12H2,1H3/t16-/m0/s1. The van der Waals surface area contributed by atoms with E-state index >= 15 is 0 Å². The van der Waals surface area contributed by atoms with E-state index in [0.29, 0.717) is 6.54 Å². The summed E-state index contributed by atoms with van der Waals surface area (Å²) in [6.07, 6.45) is 1.26. The van der Waals surface area contributed by atoms with E-state index in [2.05, 4.69) is 24.0 Å². The number of aliphatic imine (C=N–C) groups is 1. The number of aliphatic hydroxyl groups is 1. The predicted octanol–water partition coefficient (Wildman–Crippen LogP) is 3.15. The van der Waals surface area contributed by atoms with E-state index in [1.54, 1.807) is 6.21 Å². The largest absolute Gasteiger partial charge is 0.386 e. The Hall–Kier alpha value is -1.93. The highest BCUT2D eigenvalue weighted by molar-refractivity contribution is 5.79. The monoisotopic (exact) mass is 239 g/mol. The van der Waals surface area contributed by atoms with Gasteiger partial charge in [-0.3, -0.25) is 4.99 Å². The quantitative estimate of drug-likeness (QED) is 0.817. The van der Waals surface area contributed by atoms with Crippen LogP contribution in [0.15, 0.2) is 59.6 Å². The van der Waals surface area contributed by atoms with Crippen molar-refractivity contribution in [3.8, 4) is 0 Å². The van der Waals surface area contributed by atoms with Crippen molar-refractivity contribution in [2.24, 2.45) is 4.99 Å². The molecule has 0 aliphatic heterocycles. The zero-order chi connectivity index (χ0) is 12.8. The van der Waals surface area contributed by atoms with Crippen LogP contribution in [0.5, 0.6) is 0 Å². The lowest BCUT2D eigenvalue weighted by Crippen LogP contribution is -2.01. The molecule has 0 bridgehead atoms. The van der Waals surface area contributed by atoms with Gasteiger partial charge in [0, 0.05) is 6.21 Å². The summed E-state index contributed by atoms with van der Waals surface area (Å²) in [6, 6.07) is 17.7. The molecule has 2 heteroatoms. The second-order valence-corrected chi connectivity index (χ2v) is 4.33. The van der Waals surface area contributed by atoms with Gasteiger partial charge in [-0.25, -0.2) is 0 Å². The van der Waals surface area contributed by atoms with Crippen LogP contribution in [0.3, 0.4) is 0 Å². The van der Waals surface area contributed by atoms with Crippen LogP contribution in [-0.2, 0) is 0 Å². The average molecular weight is 239 g/mol. The van der Waals surface area contributed by atoms with Crippen molar-refractivity contribution in [1.29, 1.82) is 0 Å². The fourth-order valence-electron chi connectivity index (χ4n) is 1.69. The van der Waals surface area contributed by atoms with Gasteiger partial charge in [-0.15, -0.1) is 0 Å². The molecule has 0 aliphatic carbocycles. The maximum Gasteiger partial charge on any atom is 0.0985 e. The van der Waals surface area contributed by atoms with Crippen LogP contribution < -0.4 is 0 Å². The topological polar surface area (TPSA) is 32.6 Å². The second kappa shape index (κ2) is 6.12. The van der Waals surface area contributed by atoms with Crippen molar-refractivity contribution in [2.45, 2.75) is 13.0 Å². The van der Waals surface area contributed by atoms with Crippen LogP contribution in [0.2, 0.25) is 0 Å². The number of benzene rings is 2. The zero-order valence-electron chi connectivity index (χ0n) is 10.5. The normalized spacial score (nSPS) is 12.8. The molecule has 2 aromatic rings. The third-order valence-electron chi connectivity index (χ3n) is 2.78. The predicted molar refractivity (Wildman–Crippen MR) is 75.0 cm³/mol. The van der Waals surface area contributed by atoms with E-state index in [1.807, 2.05) is 42.5 Å². The minimum Gasteiger partial charge on any atom is -0.386 e. The molecule has 18 heavy (non-hydrogen) atoms. The van der Waals surface area contributed by atoms with E-state index in [4.69, 9.17) is 0 Å². The molecule has 0 saturated heterocycles. The van der Waals surface area contributed by atoms with Crippen molar-refractivity contribution in [1.82, 2.24) is 0 Å². The fourth-order valence-corrected chi connectivity index (χ4v) is 1.69. The lowest BCUT2D eigenvalue weighted by molar-refractivity contribution is 0.187. The van der Waals surface area contributed by atoms with Crippen molar-refractivity contribution < 1.29 is 5.11 Å². The molecule has 2 aromatic carbocycles. The molecule has 0 aromatic heterocycles. The molecule has 2 rings (SSSR count). The first-order valence-corrected chi connectivity index (χ1v) is 6.05. The Balaban J connectivity index is 1.93. The molecule has 0 fully saturated rings. The van der Waals surface area contributed by atoms with Gasteiger partial charge in [0.05, 0.1) is 12.6 Å². The highest BCUT2D eigenvalue weighted by atomic mass is 16.3. The van der Waals surface area contributed by atoms with Gasteiger partial charge in [-0.2, -0.15) is 0 Å². The molecule has 0 aliphatic rings. The average Bonchev–Trinajstić information content (AvgIpc) is 2.42. The SMILES string of the molecule is Cc1ccc(C=NC[C@H](O)c2ccccc2)cc1. The molecule has 1 atom stereocenters. The minimum absolute atomic E-state index is 0.387. The first-order chi connectivity index (χ1) is 8.75. The molecule has 0 radical (unpaired) electrons. The van der Waals surface area contributed by atoms with Crippen LogP contribution in [0, 0.1) is 6.92 Å². The summed E-state index contributed by atoms with van der Waals surface area (Å²) in [7, 11) is 0. The summed E-state index contributed by atoms with van der Waals surface area (Å²) in [4.78, 5) is 4.27. The van der Waals surface area contributed by atoms with Crippen LogP contribution in [0.25, 0.3) is 0 Å². The molecule has 0 saturated carbocycles. The molecule has 1 N–H and O–H groups in total. The highest BCUT2D eigenvalue weighted by Crippen LogP contribution is 2.12. The lowest BCUT2D eigenvalue weighted by atomic mass is 10.1. The molecule has 0 spiro atoms. The third kappa shape index (κ3) is 3.54. The molecule has 0 unspecified atom stereocenters. The van der Waals surface area contributed by atoms with E-state index in [1.165, 1.54) is 5.56 Å². The third-order valence-corrected chi connectivity index (χ3v) is 2.78. The van der Waals surface area contributed by atoms with E-state index < -0.39 is 6.10 Å². The Bertz CT molecular complexity index is 502. The molecule has 0 amide bonds. The first kappa shape index (κ1) is 12.5. The molecular formula is C16H17NO. The van der Waals surface area contributed by atoms with Gasteiger partial charge >= 0.3 is 0 Å².